The number of aromatic nitrogens is 2. The number of methoxy groups -OCH3 is 1. The Bertz CT molecular complexity index is 2260. The van der Waals surface area contributed by atoms with Gasteiger partial charge in [0.25, 0.3) is 5.69 Å². The van der Waals surface area contributed by atoms with Crippen LogP contribution in [0.25, 0.3) is 0 Å². The van der Waals surface area contributed by atoms with E-state index in [4.69, 9.17) is 75.8 Å². The summed E-state index contributed by atoms with van der Waals surface area (Å²) in [6.45, 7) is 0.682. The molecule has 0 aliphatic rings. The third-order valence-corrected chi connectivity index (χ3v) is 9.11. The van der Waals surface area contributed by atoms with E-state index in [9.17, 15) is 14.9 Å². The zero-order chi connectivity index (χ0) is 39.5. The SMILES string of the molecule is COC(=O)c1cc(Oc2c(Cl)cc(N)cc2Cl)ncc1OCc1ccccc1.O=[N+]([O-])c1cc(Cl)c(Oc2cc(I)c(OCc3ccccc3)cn2)c(Cl)c1. The van der Waals surface area contributed by atoms with Gasteiger partial charge in [0.05, 0.1) is 48.1 Å². The van der Waals surface area contributed by atoms with Gasteiger partial charge in [-0.2, -0.15) is 0 Å². The Kier molecular flexibility index (Phi) is 14.6. The van der Waals surface area contributed by atoms with Crippen molar-refractivity contribution >= 4 is 86.3 Å². The van der Waals surface area contributed by atoms with Gasteiger partial charge in [-0.15, -0.1) is 0 Å². The topological polar surface area (TPSA) is 158 Å². The average Bonchev–Trinajstić information content (AvgIpc) is 3.17. The van der Waals surface area contributed by atoms with Crippen molar-refractivity contribution in [2.45, 2.75) is 13.2 Å². The zero-order valence-electron chi connectivity index (χ0n) is 28.4. The van der Waals surface area contributed by atoms with Gasteiger partial charge in [-0.05, 0) is 45.9 Å². The van der Waals surface area contributed by atoms with Crippen LogP contribution in [0.1, 0.15) is 21.5 Å². The molecule has 55 heavy (non-hydrogen) atoms. The number of hydrogen-bond donors (Lipinski definition) is 1. The molecule has 0 amide bonds. The molecule has 2 aromatic heterocycles. The Labute approximate surface area is 348 Å². The van der Waals surface area contributed by atoms with Crippen molar-refractivity contribution in [2.24, 2.45) is 0 Å². The Morgan fingerprint density at radius 3 is 1.65 bits per heavy atom. The molecule has 282 valence electrons. The standard InChI is InChI=1S/C20H16Cl2N2O4.C18H11Cl2IN2O4/c1-26-20(25)14-9-18(28-19-15(21)7-13(23)8-16(19)22)24-10-17(14)27-11-12-5-3-2-4-6-12;19-13-6-12(23(24)25)7-14(20)18(13)27-17-8-15(21)16(9-22-17)26-10-11-4-2-1-3-5-11/h2-10H,11,23H2,1H3;1-9H,10H2. The molecule has 0 atom stereocenters. The minimum Gasteiger partial charge on any atom is -0.486 e. The van der Waals surface area contributed by atoms with Crippen LogP contribution in [-0.2, 0) is 18.0 Å². The van der Waals surface area contributed by atoms with E-state index in [0.717, 1.165) is 14.7 Å². The molecule has 0 fully saturated rings. The van der Waals surface area contributed by atoms with Crippen LogP contribution < -0.4 is 24.7 Å². The Morgan fingerprint density at radius 2 is 1.18 bits per heavy atom. The lowest BCUT2D eigenvalue weighted by atomic mass is 10.2. The van der Waals surface area contributed by atoms with Crippen molar-refractivity contribution < 1.29 is 33.4 Å². The van der Waals surface area contributed by atoms with Crippen LogP contribution in [0.15, 0.2) is 109 Å². The fourth-order valence-corrected chi connectivity index (χ4v) is 6.23. The predicted molar refractivity (Wildman–Crippen MR) is 218 cm³/mol. The second-order valence-electron chi connectivity index (χ2n) is 11.0. The summed E-state index contributed by atoms with van der Waals surface area (Å²) in [5.74, 6) is 0.893. The van der Waals surface area contributed by atoms with Crippen molar-refractivity contribution in [3.05, 3.63) is 160 Å². The number of anilines is 1. The first-order valence-electron chi connectivity index (χ1n) is 15.7. The number of halogens is 5. The van der Waals surface area contributed by atoms with Crippen molar-refractivity contribution in [3.63, 3.8) is 0 Å². The number of nitro benzene ring substituents is 1. The molecule has 6 aromatic rings. The second kappa shape index (κ2) is 19.5. The fraction of sp³-hybridized carbons (Fsp3) is 0.0789. The zero-order valence-corrected chi connectivity index (χ0v) is 33.6. The number of nitro groups is 1. The number of carbonyl (C=O) groups excluding carboxylic acids is 1. The van der Waals surface area contributed by atoms with E-state index < -0.39 is 10.9 Å². The molecule has 0 aliphatic heterocycles. The smallest absolute Gasteiger partial charge is 0.341 e. The first-order chi connectivity index (χ1) is 26.4. The molecule has 2 heterocycles. The predicted octanol–water partition coefficient (Wildman–Crippen LogP) is 11.4. The summed E-state index contributed by atoms with van der Waals surface area (Å²) in [5, 5.41) is 11.3. The molecule has 0 radical (unpaired) electrons. The van der Waals surface area contributed by atoms with Gasteiger partial charge in [0.2, 0.25) is 11.8 Å². The monoisotopic (exact) mass is 934 g/mol. The van der Waals surface area contributed by atoms with E-state index in [1.807, 2.05) is 60.7 Å². The van der Waals surface area contributed by atoms with Gasteiger partial charge in [0, 0.05) is 30.0 Å². The molecule has 12 nitrogen and oxygen atoms in total. The largest absolute Gasteiger partial charge is 0.486 e. The normalized spacial score (nSPS) is 10.4. The van der Waals surface area contributed by atoms with E-state index in [2.05, 4.69) is 32.6 Å². The highest BCUT2D eigenvalue weighted by Gasteiger charge is 2.19. The quantitative estimate of drug-likeness (QED) is 0.0409. The van der Waals surface area contributed by atoms with Crippen molar-refractivity contribution in [3.8, 4) is 34.8 Å². The van der Waals surface area contributed by atoms with Crippen LogP contribution in [0.4, 0.5) is 11.4 Å². The van der Waals surface area contributed by atoms with E-state index in [1.54, 1.807) is 6.07 Å². The van der Waals surface area contributed by atoms with E-state index in [-0.39, 0.29) is 67.0 Å². The maximum Gasteiger partial charge on any atom is 0.341 e. The number of nitrogen functional groups attached to an aromatic ring is 1. The lowest BCUT2D eigenvalue weighted by molar-refractivity contribution is -0.384. The number of ether oxygens (including phenoxy) is 5. The molecular weight excluding hydrogens is 909 g/mol. The molecule has 0 unspecified atom stereocenters. The van der Waals surface area contributed by atoms with Crippen LogP contribution in [-0.4, -0.2) is 28.0 Å². The van der Waals surface area contributed by atoms with Gasteiger partial charge in [-0.25, -0.2) is 14.8 Å². The van der Waals surface area contributed by atoms with Gasteiger partial charge in [-0.3, -0.25) is 10.1 Å². The summed E-state index contributed by atoms with van der Waals surface area (Å²) in [5.41, 5.74) is 8.01. The maximum atomic E-state index is 12.2. The highest BCUT2D eigenvalue weighted by atomic mass is 127. The van der Waals surface area contributed by atoms with Gasteiger partial charge in [-0.1, -0.05) is 107 Å². The maximum absolute atomic E-state index is 12.2. The number of pyridine rings is 2. The molecule has 0 aliphatic carbocycles. The highest BCUT2D eigenvalue weighted by Crippen LogP contribution is 2.40. The molecule has 2 N–H and O–H groups in total. The van der Waals surface area contributed by atoms with Crippen LogP contribution in [0.2, 0.25) is 20.1 Å². The summed E-state index contributed by atoms with van der Waals surface area (Å²) in [6.07, 6.45) is 2.91. The highest BCUT2D eigenvalue weighted by molar-refractivity contribution is 14.1. The molecule has 0 bridgehead atoms. The van der Waals surface area contributed by atoms with Crippen LogP contribution in [0, 0.1) is 13.7 Å². The van der Waals surface area contributed by atoms with Crippen molar-refractivity contribution in [2.75, 3.05) is 12.8 Å². The number of nitrogens with two attached hydrogens (primary N) is 1. The Morgan fingerprint density at radius 1 is 0.727 bits per heavy atom. The van der Waals surface area contributed by atoms with E-state index in [0.29, 0.717) is 18.0 Å². The number of carbonyl (C=O) groups is 1. The molecule has 0 spiro atoms. The molecule has 0 saturated heterocycles. The fourth-order valence-electron chi connectivity index (χ4n) is 4.53. The van der Waals surface area contributed by atoms with Crippen LogP contribution in [0.3, 0.4) is 0 Å². The number of benzene rings is 4. The first-order valence-corrected chi connectivity index (χ1v) is 18.3. The number of nitrogens with zero attached hydrogens (tertiary/aromatic N) is 3. The molecule has 4 aromatic carbocycles. The minimum atomic E-state index is -0.593. The third kappa shape index (κ3) is 11.5. The van der Waals surface area contributed by atoms with Gasteiger partial charge in [0.1, 0.15) is 18.8 Å². The van der Waals surface area contributed by atoms with Gasteiger partial charge in [0.15, 0.2) is 23.0 Å². The summed E-state index contributed by atoms with van der Waals surface area (Å²) < 4.78 is 28.4. The molecule has 0 saturated carbocycles. The lowest BCUT2D eigenvalue weighted by Gasteiger charge is -2.13. The van der Waals surface area contributed by atoms with E-state index >= 15 is 0 Å². The summed E-state index contributed by atoms with van der Waals surface area (Å²) >= 11 is 26.5. The number of hydrogen-bond acceptors (Lipinski definition) is 11. The second-order valence-corrected chi connectivity index (χ2v) is 13.8. The third-order valence-electron chi connectivity index (χ3n) is 7.14. The van der Waals surface area contributed by atoms with Gasteiger partial charge < -0.3 is 29.4 Å². The number of non-ortho nitro benzene ring substituents is 1. The summed E-state index contributed by atoms with van der Waals surface area (Å²) in [6, 6.07) is 27.7. The number of esters is 1. The lowest BCUT2D eigenvalue weighted by Crippen LogP contribution is -2.07. The van der Waals surface area contributed by atoms with Crippen molar-refractivity contribution in [1.29, 1.82) is 0 Å². The van der Waals surface area contributed by atoms with E-state index in [1.165, 1.54) is 49.8 Å². The van der Waals surface area contributed by atoms with Crippen LogP contribution >= 0.6 is 69.0 Å². The molecule has 17 heteroatoms. The minimum absolute atomic E-state index is 0.0235. The number of rotatable bonds is 12. The average molecular weight is 936 g/mol. The summed E-state index contributed by atoms with van der Waals surface area (Å²) in [7, 11) is 1.28. The van der Waals surface area contributed by atoms with Crippen molar-refractivity contribution in [1.82, 2.24) is 9.97 Å². The van der Waals surface area contributed by atoms with Crippen LogP contribution in [0.5, 0.6) is 34.8 Å². The Balaban J connectivity index is 0.000000211. The first kappa shape index (κ1) is 41.1. The Hall–Kier alpha value is -5.06. The summed E-state index contributed by atoms with van der Waals surface area (Å²) in [4.78, 5) is 30.8. The molecular formula is C38H27Cl4IN4O8. The van der Waals surface area contributed by atoms with Gasteiger partial charge >= 0.3 is 5.97 Å². The molecule has 6 rings (SSSR count).